The molecule has 20 heavy (non-hydrogen) atoms. The van der Waals surface area contributed by atoms with Gasteiger partial charge >= 0.3 is 0 Å². The molecule has 1 aliphatic rings. The third-order valence-electron chi connectivity index (χ3n) is 4.48. The summed E-state index contributed by atoms with van der Waals surface area (Å²) in [5, 5.41) is 10.2. The Morgan fingerprint density at radius 1 is 1.00 bits per heavy atom. The molecule has 0 aromatic heterocycles. The van der Waals surface area contributed by atoms with Crippen molar-refractivity contribution in [2.75, 3.05) is 0 Å². The van der Waals surface area contributed by atoms with Gasteiger partial charge in [0.15, 0.2) is 5.78 Å². The Labute approximate surface area is 124 Å². The van der Waals surface area contributed by atoms with Gasteiger partial charge in [-0.05, 0) is 37.3 Å². The van der Waals surface area contributed by atoms with E-state index in [0.29, 0.717) is 6.42 Å². The highest BCUT2D eigenvalue weighted by molar-refractivity contribution is 5.96. The molecule has 0 radical (unpaired) electrons. The van der Waals surface area contributed by atoms with Crippen molar-refractivity contribution in [3.05, 3.63) is 11.1 Å². The number of Topliss-reactive ketones (excluding diaryl/α,β-unsaturated/α-hetero) is 1. The molecule has 0 amide bonds. The van der Waals surface area contributed by atoms with E-state index in [0.717, 1.165) is 36.8 Å². The van der Waals surface area contributed by atoms with Crippen molar-refractivity contribution < 1.29 is 9.90 Å². The van der Waals surface area contributed by atoms with Crippen LogP contribution in [0, 0.1) is 0 Å². The zero-order chi connectivity index (χ0) is 14.8. The quantitative estimate of drug-likeness (QED) is 0.575. The normalized spacial score (nSPS) is 17.6. The molecule has 0 aromatic carbocycles. The van der Waals surface area contributed by atoms with Crippen molar-refractivity contribution in [2.24, 2.45) is 0 Å². The van der Waals surface area contributed by atoms with Gasteiger partial charge in [0.2, 0.25) is 0 Å². The molecular weight excluding hydrogens is 248 g/mol. The van der Waals surface area contributed by atoms with E-state index in [-0.39, 0.29) is 11.9 Å². The van der Waals surface area contributed by atoms with Crippen molar-refractivity contribution in [2.45, 2.75) is 97.0 Å². The lowest BCUT2D eigenvalue weighted by molar-refractivity contribution is -0.116. The van der Waals surface area contributed by atoms with Crippen molar-refractivity contribution >= 4 is 5.78 Å². The molecule has 1 N–H and O–H groups in total. The molecule has 0 saturated carbocycles. The van der Waals surface area contributed by atoms with E-state index in [1.807, 2.05) is 6.92 Å². The van der Waals surface area contributed by atoms with E-state index >= 15 is 0 Å². The molecule has 0 heterocycles. The Bertz CT molecular complexity index is 317. The van der Waals surface area contributed by atoms with E-state index in [9.17, 15) is 9.90 Å². The third kappa shape index (κ3) is 6.21. The van der Waals surface area contributed by atoms with Crippen LogP contribution in [0.3, 0.4) is 0 Å². The second-order valence-electron chi connectivity index (χ2n) is 6.21. The Balaban J connectivity index is 2.12. The fourth-order valence-corrected chi connectivity index (χ4v) is 3.06. The van der Waals surface area contributed by atoms with Gasteiger partial charge in [0.1, 0.15) is 0 Å². The molecule has 0 spiro atoms. The van der Waals surface area contributed by atoms with Gasteiger partial charge in [-0.2, -0.15) is 0 Å². The molecule has 116 valence electrons. The first-order valence-electron chi connectivity index (χ1n) is 8.57. The lowest BCUT2D eigenvalue weighted by Gasteiger charge is -2.21. The van der Waals surface area contributed by atoms with Crippen LogP contribution in [0.15, 0.2) is 11.1 Å². The summed E-state index contributed by atoms with van der Waals surface area (Å²) in [4.78, 5) is 11.6. The van der Waals surface area contributed by atoms with Gasteiger partial charge in [0, 0.05) is 6.42 Å². The zero-order valence-electron chi connectivity index (χ0n) is 13.4. The average molecular weight is 280 g/mol. The fourth-order valence-electron chi connectivity index (χ4n) is 3.06. The van der Waals surface area contributed by atoms with Crippen LogP contribution in [-0.4, -0.2) is 17.0 Å². The Morgan fingerprint density at radius 2 is 1.60 bits per heavy atom. The largest absolute Gasteiger partial charge is 0.389 e. The number of allylic oxidation sites excluding steroid dienone is 1. The minimum absolute atomic E-state index is 0.237. The first kappa shape index (κ1) is 17.4. The van der Waals surface area contributed by atoms with Crippen LogP contribution < -0.4 is 0 Å². The van der Waals surface area contributed by atoms with Gasteiger partial charge in [-0.3, -0.25) is 4.79 Å². The smallest absolute Gasteiger partial charge is 0.158 e. The number of aliphatic hydroxyl groups is 1. The van der Waals surface area contributed by atoms with Crippen LogP contribution in [0.4, 0.5) is 0 Å². The maximum absolute atomic E-state index is 11.6. The number of hydrogen-bond donors (Lipinski definition) is 1. The number of carbonyl (C=O) groups is 1. The minimum Gasteiger partial charge on any atom is -0.389 e. The van der Waals surface area contributed by atoms with Crippen molar-refractivity contribution in [3.8, 4) is 0 Å². The molecule has 1 atom stereocenters. The predicted octanol–water partition coefficient (Wildman–Crippen LogP) is 4.95. The van der Waals surface area contributed by atoms with E-state index in [2.05, 4.69) is 6.92 Å². The molecule has 2 heteroatoms. The van der Waals surface area contributed by atoms with E-state index in [4.69, 9.17) is 0 Å². The Hall–Kier alpha value is -0.630. The number of rotatable bonds is 10. The summed E-state index contributed by atoms with van der Waals surface area (Å²) < 4.78 is 0. The molecule has 0 aromatic rings. The summed E-state index contributed by atoms with van der Waals surface area (Å²) in [6.45, 7) is 4.13. The monoisotopic (exact) mass is 280 g/mol. The molecule has 1 unspecified atom stereocenters. The second-order valence-corrected chi connectivity index (χ2v) is 6.21. The first-order chi connectivity index (χ1) is 9.66. The van der Waals surface area contributed by atoms with Gasteiger partial charge in [-0.1, -0.05) is 58.3 Å². The van der Waals surface area contributed by atoms with E-state index in [1.54, 1.807) is 0 Å². The number of aliphatic hydroxyl groups excluding tert-OH is 1. The van der Waals surface area contributed by atoms with Gasteiger partial charge in [-0.15, -0.1) is 0 Å². The highest BCUT2D eigenvalue weighted by Gasteiger charge is 2.21. The van der Waals surface area contributed by atoms with Gasteiger partial charge < -0.3 is 5.11 Å². The van der Waals surface area contributed by atoms with Gasteiger partial charge in [0.25, 0.3) is 0 Å². The standard InChI is InChI=1S/C18H32O2/c1-3-4-5-6-7-8-9-10-13-18(20)16-12-11-14-17(19)15(16)2/h18,20H,3-14H2,1-2H3. The topological polar surface area (TPSA) is 37.3 Å². The Kier molecular flexibility index (Phi) is 8.84. The number of hydrogen-bond acceptors (Lipinski definition) is 2. The van der Waals surface area contributed by atoms with E-state index < -0.39 is 0 Å². The summed E-state index contributed by atoms with van der Waals surface area (Å²) in [5.41, 5.74) is 1.85. The van der Waals surface area contributed by atoms with Crippen molar-refractivity contribution in [3.63, 3.8) is 0 Å². The van der Waals surface area contributed by atoms with Gasteiger partial charge in [-0.25, -0.2) is 0 Å². The lowest BCUT2D eigenvalue weighted by atomic mass is 9.87. The molecule has 1 rings (SSSR count). The highest BCUT2D eigenvalue weighted by atomic mass is 16.3. The molecule has 2 nitrogen and oxygen atoms in total. The maximum Gasteiger partial charge on any atom is 0.158 e. The van der Waals surface area contributed by atoms with Crippen LogP contribution in [-0.2, 0) is 4.79 Å². The lowest BCUT2D eigenvalue weighted by Crippen LogP contribution is -2.19. The van der Waals surface area contributed by atoms with Crippen LogP contribution in [0.25, 0.3) is 0 Å². The van der Waals surface area contributed by atoms with Crippen LogP contribution in [0.5, 0.6) is 0 Å². The van der Waals surface area contributed by atoms with Crippen molar-refractivity contribution in [1.29, 1.82) is 0 Å². The zero-order valence-corrected chi connectivity index (χ0v) is 13.4. The molecule has 0 aliphatic heterocycles. The number of unbranched alkanes of at least 4 members (excludes halogenated alkanes) is 7. The first-order valence-corrected chi connectivity index (χ1v) is 8.57. The number of carbonyl (C=O) groups excluding carboxylic acids is 1. The SMILES string of the molecule is CCCCCCCCCCC(O)C1=C(C)C(=O)CCC1. The van der Waals surface area contributed by atoms with E-state index in [1.165, 1.54) is 44.9 Å². The summed E-state index contributed by atoms with van der Waals surface area (Å²) in [5.74, 6) is 0.237. The fraction of sp³-hybridized carbons (Fsp3) is 0.833. The number of ketones is 1. The maximum atomic E-state index is 11.6. The summed E-state index contributed by atoms with van der Waals surface area (Å²) in [6, 6.07) is 0. The minimum atomic E-state index is -0.376. The van der Waals surface area contributed by atoms with Crippen LogP contribution >= 0.6 is 0 Å². The predicted molar refractivity (Wildman–Crippen MR) is 84.8 cm³/mol. The average Bonchev–Trinajstić information content (AvgIpc) is 2.44. The van der Waals surface area contributed by atoms with Crippen LogP contribution in [0.1, 0.15) is 90.9 Å². The molecule has 0 bridgehead atoms. The summed E-state index contributed by atoms with van der Waals surface area (Å²) >= 11 is 0. The van der Waals surface area contributed by atoms with Gasteiger partial charge in [0.05, 0.1) is 6.10 Å². The molecule has 0 saturated heterocycles. The second kappa shape index (κ2) is 10.1. The molecule has 1 aliphatic carbocycles. The molecule has 0 fully saturated rings. The summed E-state index contributed by atoms with van der Waals surface area (Å²) in [7, 11) is 0. The Morgan fingerprint density at radius 3 is 2.25 bits per heavy atom. The highest BCUT2D eigenvalue weighted by Crippen LogP contribution is 2.26. The van der Waals surface area contributed by atoms with Crippen LogP contribution in [0.2, 0.25) is 0 Å². The van der Waals surface area contributed by atoms with Crippen molar-refractivity contribution in [1.82, 2.24) is 0 Å². The summed E-state index contributed by atoms with van der Waals surface area (Å²) in [6.07, 6.45) is 13.2. The molecular formula is C18H32O2. The third-order valence-corrected chi connectivity index (χ3v) is 4.48.